The van der Waals surface area contributed by atoms with Crippen molar-refractivity contribution >= 4 is 11.6 Å². The molecule has 1 unspecified atom stereocenters. The minimum absolute atomic E-state index is 0.257. The van der Waals surface area contributed by atoms with Crippen LogP contribution in [0.4, 0.5) is 0 Å². The van der Waals surface area contributed by atoms with Crippen LogP contribution in [0.3, 0.4) is 0 Å². The molecule has 1 atom stereocenters. The maximum atomic E-state index is 6.03. The van der Waals surface area contributed by atoms with Crippen LogP contribution < -0.4 is 0 Å². The first-order valence-electron chi connectivity index (χ1n) is 3.88. The van der Waals surface area contributed by atoms with E-state index in [0.717, 1.165) is 5.16 Å². The molecule has 1 heterocycles. The Bertz CT molecular complexity index is 228. The zero-order chi connectivity index (χ0) is 8.59. The molecule has 0 bridgehead atoms. The lowest BCUT2D eigenvalue weighted by molar-refractivity contribution is -0.502. The number of azo groups is 2. The van der Waals surface area contributed by atoms with Crippen molar-refractivity contribution in [1.29, 1.82) is 0 Å². The molecule has 0 radical (unpaired) electrons. The average molecular weight is 174 g/mol. The van der Waals surface area contributed by atoms with E-state index in [-0.39, 0.29) is 6.04 Å². The molecule has 0 fully saturated rings. The van der Waals surface area contributed by atoms with E-state index >= 15 is 0 Å². The molecule has 2 nitrogen and oxygen atoms in total. The van der Waals surface area contributed by atoms with E-state index in [0.29, 0.717) is 5.92 Å². The molecule has 0 aromatic carbocycles. The zero-order valence-corrected chi connectivity index (χ0v) is 8.18. The van der Waals surface area contributed by atoms with Gasteiger partial charge in [-0.25, -0.2) is 0 Å². The van der Waals surface area contributed by atoms with Crippen molar-refractivity contribution in [3.8, 4) is 0 Å². The van der Waals surface area contributed by atoms with Crippen LogP contribution in [-0.4, -0.2) is 17.8 Å². The Labute approximate surface area is 72.6 Å². The van der Waals surface area contributed by atoms with Gasteiger partial charge in [0.1, 0.15) is 6.04 Å². The molecule has 1 aliphatic heterocycles. The molecule has 0 aliphatic carbocycles. The fourth-order valence-corrected chi connectivity index (χ4v) is 1.87. The van der Waals surface area contributed by atoms with Crippen molar-refractivity contribution in [2.45, 2.75) is 26.8 Å². The van der Waals surface area contributed by atoms with E-state index < -0.39 is 0 Å². The quantitative estimate of drug-likeness (QED) is 0.428. The van der Waals surface area contributed by atoms with Crippen LogP contribution in [0, 0.1) is 5.92 Å². The first kappa shape index (κ1) is 8.72. The highest BCUT2D eigenvalue weighted by Crippen LogP contribution is 2.28. The van der Waals surface area contributed by atoms with Gasteiger partial charge in [0, 0.05) is 5.57 Å². The first-order valence-corrected chi connectivity index (χ1v) is 4.26. The highest BCUT2D eigenvalue weighted by Gasteiger charge is 2.30. The highest BCUT2D eigenvalue weighted by atomic mass is 35.5. The number of hydrogen-bond acceptors (Lipinski definition) is 1. The molecule has 0 spiro atoms. The Hall–Kier alpha value is -0.370. The first-order chi connectivity index (χ1) is 5.04. The molecular weight excluding hydrogens is 160 g/mol. The van der Waals surface area contributed by atoms with Gasteiger partial charge in [-0.3, -0.25) is 0 Å². The van der Waals surface area contributed by atoms with E-state index in [9.17, 15) is 0 Å². The van der Waals surface area contributed by atoms with Gasteiger partial charge in [-0.05, 0) is 29.6 Å². The van der Waals surface area contributed by atoms with Crippen LogP contribution in [0.15, 0.2) is 15.8 Å². The van der Waals surface area contributed by atoms with E-state index in [1.165, 1.54) is 5.57 Å². The van der Waals surface area contributed by atoms with Crippen LogP contribution in [-0.2, 0) is 0 Å². The van der Waals surface area contributed by atoms with E-state index in [2.05, 4.69) is 25.9 Å². The maximum absolute atomic E-state index is 6.03. The second kappa shape index (κ2) is 2.94. The summed E-state index contributed by atoms with van der Waals surface area (Å²) in [5.74, 6) is 0.492. The topological polar surface area (TPSA) is 15.4 Å². The third kappa shape index (κ3) is 1.45. The third-order valence-corrected chi connectivity index (χ3v) is 2.40. The van der Waals surface area contributed by atoms with Crippen molar-refractivity contribution in [3.63, 3.8) is 0 Å². The Balaban J connectivity index is 2.97. The molecule has 0 saturated carbocycles. The molecule has 0 N–H and O–H groups in total. The summed E-state index contributed by atoms with van der Waals surface area (Å²) in [5.41, 5.74) is 1.24. The number of hydrogen-bond donors (Lipinski definition) is 0. The molecule has 0 amide bonds. The molecule has 62 valence electrons. The smallest absolute Gasteiger partial charge is 0.0796 e. The second-order valence-corrected chi connectivity index (χ2v) is 3.57. The van der Waals surface area contributed by atoms with Gasteiger partial charge < -0.3 is 0 Å². The molecule has 0 aromatic rings. The maximum Gasteiger partial charge on any atom is 0.301 e. The molecule has 11 heavy (non-hydrogen) atoms. The van der Waals surface area contributed by atoms with Gasteiger partial charge >= 0.3 is 5.16 Å². The van der Waals surface area contributed by atoms with Gasteiger partial charge in [-0.2, -0.15) is 0 Å². The van der Waals surface area contributed by atoms with Crippen molar-refractivity contribution < 1.29 is 4.70 Å². The normalized spacial score (nSPS) is 24.9. The summed E-state index contributed by atoms with van der Waals surface area (Å²) >= 11 is 6.03. The monoisotopic (exact) mass is 173 g/mol. The van der Waals surface area contributed by atoms with Crippen LogP contribution in [0.5, 0.6) is 0 Å². The minimum Gasteiger partial charge on any atom is -0.0796 e. The third-order valence-electron chi connectivity index (χ3n) is 1.94. The van der Waals surface area contributed by atoms with Gasteiger partial charge in [0.25, 0.3) is 0 Å². The Morgan fingerprint density at radius 1 is 1.55 bits per heavy atom. The molecular formula is C8H14ClN2+. The van der Waals surface area contributed by atoms with Gasteiger partial charge in [0.15, 0.2) is 7.05 Å². The largest absolute Gasteiger partial charge is 0.301 e. The highest BCUT2D eigenvalue weighted by molar-refractivity contribution is 6.28. The van der Waals surface area contributed by atoms with Gasteiger partial charge in [0.2, 0.25) is 0 Å². The van der Waals surface area contributed by atoms with Gasteiger partial charge in [-0.1, -0.05) is 18.5 Å². The van der Waals surface area contributed by atoms with Crippen LogP contribution in [0.1, 0.15) is 20.8 Å². The Morgan fingerprint density at radius 2 is 2.09 bits per heavy atom. The molecule has 1 aliphatic rings. The predicted octanol–water partition coefficient (Wildman–Crippen LogP) is 2.59. The lowest BCUT2D eigenvalue weighted by atomic mass is 9.99. The summed E-state index contributed by atoms with van der Waals surface area (Å²) < 4.78 is 1.75. The standard InChI is InChI=1S/C8H14ClN2/c1-5(2)7-6(3)10-11(4)8(7)9/h5-6H,1-4H3/q+1. The molecule has 0 saturated heterocycles. The summed E-state index contributed by atoms with van der Waals surface area (Å²) in [5, 5.41) is 5.10. The summed E-state index contributed by atoms with van der Waals surface area (Å²) in [4.78, 5) is 0. The number of halogens is 1. The van der Waals surface area contributed by atoms with E-state index in [4.69, 9.17) is 11.6 Å². The van der Waals surface area contributed by atoms with Crippen molar-refractivity contribution in [3.05, 3.63) is 10.7 Å². The Kier molecular flexibility index (Phi) is 2.33. The van der Waals surface area contributed by atoms with Gasteiger partial charge in [0.05, 0.1) is 0 Å². The van der Waals surface area contributed by atoms with E-state index in [1.807, 2.05) is 7.05 Å². The lowest BCUT2D eigenvalue weighted by Crippen LogP contribution is -2.05. The number of nitrogens with zero attached hydrogens (tertiary/aromatic N) is 2. The van der Waals surface area contributed by atoms with Crippen LogP contribution in [0.2, 0.25) is 0 Å². The predicted molar refractivity (Wildman–Crippen MR) is 45.8 cm³/mol. The van der Waals surface area contributed by atoms with Crippen molar-refractivity contribution in [1.82, 2.24) is 0 Å². The molecule has 0 aromatic heterocycles. The Morgan fingerprint density at radius 3 is 2.27 bits per heavy atom. The minimum atomic E-state index is 0.257. The summed E-state index contributed by atoms with van der Waals surface area (Å²) in [7, 11) is 1.88. The number of rotatable bonds is 1. The van der Waals surface area contributed by atoms with Crippen LogP contribution >= 0.6 is 11.6 Å². The average Bonchev–Trinajstić information content (AvgIpc) is 2.07. The van der Waals surface area contributed by atoms with Crippen LogP contribution in [0.25, 0.3) is 0 Å². The van der Waals surface area contributed by atoms with Crippen molar-refractivity contribution in [2.24, 2.45) is 11.0 Å². The van der Waals surface area contributed by atoms with Crippen molar-refractivity contribution in [2.75, 3.05) is 7.05 Å². The van der Waals surface area contributed by atoms with Gasteiger partial charge in [-0.15, -0.1) is 0 Å². The fraction of sp³-hybridized carbons (Fsp3) is 0.750. The van der Waals surface area contributed by atoms with E-state index in [1.54, 1.807) is 4.70 Å². The SMILES string of the molecule is CC(C)C1=C(Cl)[N+](C)=NC1C. The lowest BCUT2D eigenvalue weighted by Gasteiger charge is -2.05. The second-order valence-electron chi connectivity index (χ2n) is 3.22. The fourth-order valence-electron chi connectivity index (χ4n) is 1.45. The zero-order valence-electron chi connectivity index (χ0n) is 7.43. The summed E-state index contributed by atoms with van der Waals surface area (Å²) in [6, 6.07) is 0.257. The summed E-state index contributed by atoms with van der Waals surface area (Å²) in [6.45, 7) is 6.35. The molecule has 1 rings (SSSR count). The summed E-state index contributed by atoms with van der Waals surface area (Å²) in [6.07, 6.45) is 0. The molecule has 3 heteroatoms.